The van der Waals surface area contributed by atoms with E-state index in [4.69, 9.17) is 23.3 Å². The molecule has 0 aliphatic heterocycles. The summed E-state index contributed by atoms with van der Waals surface area (Å²) in [6, 6.07) is 0. The molecule has 0 saturated heterocycles. The maximum Gasteiger partial charge on any atom is 0.472 e. The number of hydrogen-bond acceptors (Lipinski definition) is 10. The van der Waals surface area contributed by atoms with Gasteiger partial charge in [0, 0.05) is 19.3 Å². The number of hydrogen-bond donors (Lipinski definition) is 2. The highest BCUT2D eigenvalue weighted by molar-refractivity contribution is 7.47. The third kappa shape index (κ3) is 41.3. The van der Waals surface area contributed by atoms with Crippen molar-refractivity contribution in [2.24, 2.45) is 0 Å². The Kier molecular flexibility index (Phi) is 42.1. The van der Waals surface area contributed by atoms with Crippen LogP contribution in [0.2, 0.25) is 0 Å². The molecule has 352 valence electrons. The highest BCUT2D eigenvalue weighted by atomic mass is 31.2. The first-order valence-electron chi connectivity index (χ1n) is 24.2. The van der Waals surface area contributed by atoms with Gasteiger partial charge in [0.25, 0.3) is 0 Å². The molecule has 2 N–H and O–H groups in total. The van der Waals surface area contributed by atoms with Gasteiger partial charge in [-0.1, -0.05) is 173 Å². The van der Waals surface area contributed by atoms with Gasteiger partial charge in [-0.15, -0.1) is 0 Å². The van der Waals surface area contributed by atoms with Crippen molar-refractivity contribution in [2.45, 2.75) is 238 Å². The van der Waals surface area contributed by atoms with E-state index in [1.165, 1.54) is 70.6 Å². The van der Waals surface area contributed by atoms with Crippen LogP contribution >= 0.6 is 7.82 Å². The Morgan fingerprint density at radius 3 is 1.20 bits per heavy atom. The van der Waals surface area contributed by atoms with Crippen molar-refractivity contribution in [1.29, 1.82) is 0 Å². The molecule has 0 heterocycles. The Balaban J connectivity index is 4.74. The van der Waals surface area contributed by atoms with Crippen molar-refractivity contribution in [1.82, 2.24) is 0 Å². The van der Waals surface area contributed by atoms with Gasteiger partial charge in [-0.3, -0.25) is 23.4 Å². The second-order valence-electron chi connectivity index (χ2n) is 16.3. The first kappa shape index (κ1) is 58.0. The number of carbonyl (C=O) groups excluding carboxylic acids is 3. The fourth-order valence-electron chi connectivity index (χ4n) is 6.55. The highest BCUT2D eigenvalue weighted by Crippen LogP contribution is 2.43. The fraction of sp³-hybridized carbons (Fsp3) is 0.854. The second kappa shape index (κ2) is 43.6. The van der Waals surface area contributed by atoms with Crippen LogP contribution in [0, 0.1) is 0 Å². The lowest BCUT2D eigenvalue weighted by Gasteiger charge is -2.21. The summed E-state index contributed by atoms with van der Waals surface area (Å²) in [5.74, 6) is -1.48. The molecule has 0 fully saturated rings. The summed E-state index contributed by atoms with van der Waals surface area (Å²) in [7, 11) is -4.73. The highest BCUT2D eigenvalue weighted by Gasteiger charge is 2.28. The van der Waals surface area contributed by atoms with E-state index in [1.807, 2.05) is 0 Å². The van der Waals surface area contributed by atoms with E-state index in [9.17, 15) is 28.9 Å². The van der Waals surface area contributed by atoms with Gasteiger partial charge in [-0.25, -0.2) is 4.57 Å². The molecule has 60 heavy (non-hydrogen) atoms. The van der Waals surface area contributed by atoms with E-state index in [2.05, 4.69) is 45.1 Å². The minimum absolute atomic E-state index is 0.160. The van der Waals surface area contributed by atoms with Crippen molar-refractivity contribution in [3.8, 4) is 0 Å². The lowest BCUT2D eigenvalue weighted by molar-refractivity contribution is -0.161. The topological polar surface area (TPSA) is 155 Å². The number of unbranched alkanes of at least 4 members (excludes halogenated alkanes) is 24. The van der Waals surface area contributed by atoms with Crippen LogP contribution in [0.1, 0.15) is 226 Å². The molecule has 11 nitrogen and oxygen atoms in total. The fourth-order valence-corrected chi connectivity index (χ4v) is 7.34. The molecular weight excluding hydrogens is 783 g/mol. The van der Waals surface area contributed by atoms with Gasteiger partial charge in [0.15, 0.2) is 6.10 Å². The summed E-state index contributed by atoms with van der Waals surface area (Å²) in [4.78, 5) is 48.0. The molecule has 0 saturated carbocycles. The van der Waals surface area contributed by atoms with Crippen LogP contribution < -0.4 is 0 Å². The van der Waals surface area contributed by atoms with E-state index in [0.717, 1.165) is 96.3 Å². The third-order valence-electron chi connectivity index (χ3n) is 10.3. The molecule has 0 spiro atoms. The number of aliphatic hydroxyl groups excluding tert-OH is 1. The summed E-state index contributed by atoms with van der Waals surface area (Å²) in [6.45, 7) is 4.52. The SMILES string of the molecule is CCCC/C=C\CCCCCCCC(=O)OC(CO)COP(=O)(O)OCC(COC(=O)CCCCCCCCCCCCC)OC(=O)CCCCCCC/C=C\CCCC. The zero-order valence-electron chi connectivity index (χ0n) is 38.4. The second-order valence-corrected chi connectivity index (χ2v) is 17.7. The molecule has 0 aromatic rings. The van der Waals surface area contributed by atoms with E-state index >= 15 is 0 Å². The van der Waals surface area contributed by atoms with Crippen molar-refractivity contribution in [3.63, 3.8) is 0 Å². The van der Waals surface area contributed by atoms with Crippen LogP contribution in [-0.2, 0) is 42.2 Å². The van der Waals surface area contributed by atoms with Crippen LogP contribution in [0.5, 0.6) is 0 Å². The molecule has 0 rings (SSSR count). The smallest absolute Gasteiger partial charge is 0.462 e. The van der Waals surface area contributed by atoms with Crippen LogP contribution in [0.15, 0.2) is 24.3 Å². The number of esters is 3. The predicted octanol–water partition coefficient (Wildman–Crippen LogP) is 13.1. The molecule has 0 aromatic heterocycles. The molecule has 3 unspecified atom stereocenters. The van der Waals surface area contributed by atoms with Crippen LogP contribution in [-0.4, -0.2) is 66.5 Å². The summed E-state index contributed by atoms with van der Waals surface area (Å²) in [6.07, 6.45) is 38.7. The zero-order chi connectivity index (χ0) is 44.2. The van der Waals surface area contributed by atoms with Crippen molar-refractivity contribution >= 4 is 25.7 Å². The number of phosphoric acid groups is 1. The molecule has 0 amide bonds. The summed E-state index contributed by atoms with van der Waals surface area (Å²) in [5.41, 5.74) is 0. The third-order valence-corrected chi connectivity index (χ3v) is 11.3. The first-order valence-corrected chi connectivity index (χ1v) is 25.7. The normalized spacial score (nSPS) is 13.8. The number of phosphoric ester groups is 1. The zero-order valence-corrected chi connectivity index (χ0v) is 39.3. The average molecular weight is 873 g/mol. The minimum Gasteiger partial charge on any atom is -0.462 e. The Bertz CT molecular complexity index is 1110. The van der Waals surface area contributed by atoms with E-state index < -0.39 is 57.8 Å². The molecule has 0 radical (unpaired) electrons. The summed E-state index contributed by atoms with van der Waals surface area (Å²) in [5, 5.41) is 9.73. The molecule has 0 aliphatic carbocycles. The molecule has 12 heteroatoms. The van der Waals surface area contributed by atoms with Gasteiger partial charge in [-0.05, 0) is 57.8 Å². The molecule has 0 aromatic carbocycles. The van der Waals surface area contributed by atoms with Gasteiger partial charge in [0.2, 0.25) is 0 Å². The van der Waals surface area contributed by atoms with E-state index in [0.29, 0.717) is 19.3 Å². The minimum atomic E-state index is -4.73. The standard InChI is InChI=1S/C48H89O11P/c1-4-7-10-13-16-19-22-25-28-31-34-37-46(50)55-41-45(59-48(52)39-36-33-30-27-24-21-18-15-12-9-6-3)43-57-60(53,54)56-42-44(40-49)58-47(51)38-35-32-29-26-23-20-17-14-11-8-5-2/h14-15,17-18,44-45,49H,4-13,16,19-43H2,1-3H3,(H,53,54)/b17-14-,18-15-. The van der Waals surface area contributed by atoms with E-state index in [-0.39, 0.29) is 25.9 Å². The number of aliphatic hydroxyl groups is 1. The van der Waals surface area contributed by atoms with Crippen molar-refractivity contribution in [2.75, 3.05) is 26.4 Å². The molecule has 0 bridgehead atoms. The predicted molar refractivity (Wildman–Crippen MR) is 243 cm³/mol. The first-order chi connectivity index (χ1) is 29.2. The lowest BCUT2D eigenvalue weighted by atomic mass is 10.1. The Labute approximate surface area is 366 Å². The summed E-state index contributed by atoms with van der Waals surface area (Å²) >= 11 is 0. The number of carbonyl (C=O) groups is 3. The summed E-state index contributed by atoms with van der Waals surface area (Å²) < 4.78 is 39.2. The van der Waals surface area contributed by atoms with Crippen molar-refractivity contribution < 1.29 is 52.2 Å². The Hall–Kier alpha value is -2.04. The lowest BCUT2D eigenvalue weighted by Crippen LogP contribution is -2.30. The van der Waals surface area contributed by atoms with Crippen LogP contribution in [0.25, 0.3) is 0 Å². The average Bonchev–Trinajstić information content (AvgIpc) is 3.23. The maximum absolute atomic E-state index is 12.8. The van der Waals surface area contributed by atoms with Gasteiger partial charge < -0.3 is 24.2 Å². The quantitative estimate of drug-likeness (QED) is 0.0197. The van der Waals surface area contributed by atoms with Gasteiger partial charge in [0.05, 0.1) is 19.8 Å². The van der Waals surface area contributed by atoms with Crippen LogP contribution in [0.4, 0.5) is 0 Å². The van der Waals surface area contributed by atoms with Crippen LogP contribution in [0.3, 0.4) is 0 Å². The van der Waals surface area contributed by atoms with E-state index in [1.54, 1.807) is 0 Å². The number of allylic oxidation sites excluding steroid dienone is 4. The van der Waals surface area contributed by atoms with Crippen molar-refractivity contribution in [3.05, 3.63) is 24.3 Å². The Morgan fingerprint density at radius 2 is 0.783 bits per heavy atom. The maximum atomic E-state index is 12.8. The largest absolute Gasteiger partial charge is 0.472 e. The molecule has 0 aliphatic rings. The van der Waals surface area contributed by atoms with Gasteiger partial charge in [-0.2, -0.15) is 0 Å². The monoisotopic (exact) mass is 873 g/mol. The van der Waals surface area contributed by atoms with Gasteiger partial charge in [0.1, 0.15) is 12.7 Å². The number of rotatable bonds is 45. The molecular formula is C48H89O11P. The van der Waals surface area contributed by atoms with Gasteiger partial charge >= 0.3 is 25.7 Å². The Morgan fingerprint density at radius 1 is 0.450 bits per heavy atom. The number of ether oxygens (including phenoxy) is 3. The molecule has 3 atom stereocenters.